The van der Waals surface area contributed by atoms with Crippen LogP contribution < -0.4 is 10.6 Å². The minimum absolute atomic E-state index is 0.0293. The lowest BCUT2D eigenvalue weighted by atomic mass is 9.97. The predicted octanol–water partition coefficient (Wildman–Crippen LogP) is 3.80. The molecule has 3 rings (SSSR count). The number of amides is 2. The molecule has 0 saturated carbocycles. The molecular formula is C23H30N4O2. The summed E-state index contributed by atoms with van der Waals surface area (Å²) in [6, 6.07) is 13.5. The Hall–Kier alpha value is -2.73. The first kappa shape index (κ1) is 21.0. The van der Waals surface area contributed by atoms with Gasteiger partial charge in [0.05, 0.1) is 12.5 Å². The Morgan fingerprint density at radius 1 is 1.14 bits per heavy atom. The molecule has 2 amide bonds. The summed E-state index contributed by atoms with van der Waals surface area (Å²) in [6.45, 7) is 7.82. The van der Waals surface area contributed by atoms with Crippen LogP contribution in [0.5, 0.6) is 0 Å². The first-order chi connectivity index (χ1) is 13.9. The third-order valence-electron chi connectivity index (χ3n) is 5.24. The average Bonchev–Trinajstić information content (AvgIpc) is 2.68. The number of hydrogen-bond acceptors (Lipinski definition) is 4. The summed E-state index contributed by atoms with van der Waals surface area (Å²) in [5.74, 6) is 0.708. The first-order valence-electron chi connectivity index (χ1n) is 10.3. The zero-order valence-corrected chi connectivity index (χ0v) is 17.4. The molecule has 154 valence electrons. The number of piperidine rings is 1. The first-order valence-corrected chi connectivity index (χ1v) is 10.3. The minimum Gasteiger partial charge on any atom is -0.325 e. The van der Waals surface area contributed by atoms with Crippen LogP contribution >= 0.6 is 0 Å². The lowest BCUT2D eigenvalue weighted by Gasteiger charge is -2.31. The van der Waals surface area contributed by atoms with Crippen molar-refractivity contribution in [3.05, 3.63) is 53.7 Å². The zero-order valence-electron chi connectivity index (χ0n) is 17.4. The number of pyridine rings is 1. The molecule has 29 heavy (non-hydrogen) atoms. The minimum atomic E-state index is -0.137. The lowest BCUT2D eigenvalue weighted by Crippen LogP contribution is -2.44. The van der Waals surface area contributed by atoms with Gasteiger partial charge >= 0.3 is 0 Å². The van der Waals surface area contributed by atoms with E-state index in [0.717, 1.165) is 36.3 Å². The van der Waals surface area contributed by atoms with Crippen molar-refractivity contribution in [2.75, 3.05) is 30.3 Å². The molecule has 1 unspecified atom stereocenters. The van der Waals surface area contributed by atoms with Crippen molar-refractivity contribution < 1.29 is 9.59 Å². The van der Waals surface area contributed by atoms with Crippen molar-refractivity contribution in [3.63, 3.8) is 0 Å². The van der Waals surface area contributed by atoms with E-state index in [4.69, 9.17) is 0 Å². The van der Waals surface area contributed by atoms with Crippen molar-refractivity contribution in [2.24, 2.45) is 5.92 Å². The molecule has 1 aliphatic heterocycles. The second-order valence-electron chi connectivity index (χ2n) is 8.02. The fourth-order valence-electron chi connectivity index (χ4n) is 3.76. The van der Waals surface area contributed by atoms with E-state index in [1.165, 1.54) is 0 Å². The maximum absolute atomic E-state index is 12.6. The van der Waals surface area contributed by atoms with Gasteiger partial charge in [-0.2, -0.15) is 0 Å². The molecule has 1 fully saturated rings. The number of rotatable bonds is 6. The number of carbonyl (C=O) groups excluding carboxylic acids is 2. The maximum atomic E-state index is 12.6. The van der Waals surface area contributed by atoms with Crippen LogP contribution in [0.15, 0.2) is 42.5 Å². The molecule has 1 aromatic heterocycles. The predicted molar refractivity (Wildman–Crippen MR) is 116 cm³/mol. The van der Waals surface area contributed by atoms with E-state index in [1.54, 1.807) is 6.07 Å². The second kappa shape index (κ2) is 9.65. The SMILES string of the molecule is Cc1cccc(NC(=O)C2CCCN(CC(=O)Nc3ccccc3C(C)C)C2)n1. The Bertz CT molecular complexity index is 865. The third-order valence-corrected chi connectivity index (χ3v) is 5.24. The Labute approximate surface area is 172 Å². The van der Waals surface area contributed by atoms with E-state index in [0.29, 0.717) is 24.8 Å². The average molecular weight is 395 g/mol. The lowest BCUT2D eigenvalue weighted by molar-refractivity contribution is -0.123. The number of benzene rings is 1. The maximum Gasteiger partial charge on any atom is 0.238 e. The molecule has 1 saturated heterocycles. The second-order valence-corrected chi connectivity index (χ2v) is 8.02. The Morgan fingerprint density at radius 2 is 1.93 bits per heavy atom. The van der Waals surface area contributed by atoms with Gasteiger partial charge in [-0.15, -0.1) is 0 Å². The highest BCUT2D eigenvalue weighted by atomic mass is 16.2. The number of aryl methyl sites for hydroxylation is 1. The van der Waals surface area contributed by atoms with E-state index >= 15 is 0 Å². The van der Waals surface area contributed by atoms with Crippen LogP contribution in [-0.2, 0) is 9.59 Å². The highest BCUT2D eigenvalue weighted by molar-refractivity contribution is 5.94. The monoisotopic (exact) mass is 394 g/mol. The molecule has 1 aliphatic rings. The topological polar surface area (TPSA) is 74.3 Å². The van der Waals surface area contributed by atoms with Gasteiger partial charge in [-0.05, 0) is 56.0 Å². The highest BCUT2D eigenvalue weighted by Crippen LogP contribution is 2.24. The van der Waals surface area contributed by atoms with E-state index in [1.807, 2.05) is 43.3 Å². The van der Waals surface area contributed by atoms with Gasteiger partial charge in [0, 0.05) is 17.9 Å². The summed E-state index contributed by atoms with van der Waals surface area (Å²) in [5.41, 5.74) is 2.86. The molecule has 2 heterocycles. The van der Waals surface area contributed by atoms with Crippen molar-refractivity contribution >= 4 is 23.3 Å². The quantitative estimate of drug-likeness (QED) is 0.781. The number of nitrogens with one attached hydrogen (secondary N) is 2. The van der Waals surface area contributed by atoms with E-state index in [9.17, 15) is 9.59 Å². The summed E-state index contributed by atoms with van der Waals surface area (Å²) in [4.78, 5) is 31.6. The normalized spacial score (nSPS) is 17.2. The van der Waals surface area contributed by atoms with Crippen LogP contribution in [-0.4, -0.2) is 41.3 Å². The molecule has 0 radical (unpaired) electrons. The number of anilines is 2. The van der Waals surface area contributed by atoms with Gasteiger partial charge in [-0.25, -0.2) is 4.98 Å². The smallest absolute Gasteiger partial charge is 0.238 e. The summed E-state index contributed by atoms with van der Waals surface area (Å²) >= 11 is 0. The fraction of sp³-hybridized carbons (Fsp3) is 0.435. The summed E-state index contributed by atoms with van der Waals surface area (Å²) in [7, 11) is 0. The number of nitrogens with zero attached hydrogens (tertiary/aromatic N) is 2. The van der Waals surface area contributed by atoms with Gasteiger partial charge in [0.2, 0.25) is 11.8 Å². The van der Waals surface area contributed by atoms with Crippen molar-refractivity contribution in [1.82, 2.24) is 9.88 Å². The van der Waals surface area contributed by atoms with Gasteiger partial charge in [-0.1, -0.05) is 38.1 Å². The Morgan fingerprint density at radius 3 is 2.69 bits per heavy atom. The van der Waals surface area contributed by atoms with Crippen molar-refractivity contribution in [1.29, 1.82) is 0 Å². The summed E-state index contributed by atoms with van der Waals surface area (Å²) < 4.78 is 0. The molecule has 1 atom stereocenters. The standard InChI is InChI=1S/C23H30N4O2/c1-16(2)19-10-4-5-11-20(19)25-22(28)15-27-13-7-9-18(14-27)23(29)26-21-12-6-8-17(3)24-21/h4-6,8,10-12,16,18H,7,9,13-15H2,1-3H3,(H,25,28)(H,24,26,29). The number of aromatic nitrogens is 1. The van der Waals surface area contributed by atoms with Crippen LogP contribution in [0.25, 0.3) is 0 Å². The molecule has 0 bridgehead atoms. The van der Waals surface area contributed by atoms with Crippen LogP contribution in [0.4, 0.5) is 11.5 Å². The van der Waals surface area contributed by atoms with E-state index < -0.39 is 0 Å². The third kappa shape index (κ3) is 5.87. The summed E-state index contributed by atoms with van der Waals surface area (Å²) in [5, 5.41) is 5.95. The van der Waals surface area contributed by atoms with Gasteiger partial charge in [0.1, 0.15) is 5.82 Å². The van der Waals surface area contributed by atoms with Crippen LogP contribution in [0.1, 0.15) is 43.9 Å². The highest BCUT2D eigenvalue weighted by Gasteiger charge is 2.27. The van der Waals surface area contributed by atoms with Gasteiger partial charge < -0.3 is 10.6 Å². The number of likely N-dealkylation sites (tertiary alicyclic amines) is 1. The van der Waals surface area contributed by atoms with Gasteiger partial charge in [0.15, 0.2) is 0 Å². The molecule has 6 nitrogen and oxygen atoms in total. The van der Waals surface area contributed by atoms with Crippen molar-refractivity contribution in [3.8, 4) is 0 Å². The van der Waals surface area contributed by atoms with E-state index in [2.05, 4.69) is 34.4 Å². The molecule has 0 aliphatic carbocycles. The number of para-hydroxylation sites is 1. The van der Waals surface area contributed by atoms with Crippen LogP contribution in [0.2, 0.25) is 0 Å². The number of hydrogen-bond donors (Lipinski definition) is 2. The molecule has 6 heteroatoms. The van der Waals surface area contributed by atoms with Crippen LogP contribution in [0, 0.1) is 12.8 Å². The largest absolute Gasteiger partial charge is 0.325 e. The molecule has 0 spiro atoms. The van der Waals surface area contributed by atoms with Gasteiger partial charge in [0.25, 0.3) is 0 Å². The molecular weight excluding hydrogens is 364 g/mol. The Balaban J connectivity index is 1.55. The molecule has 1 aromatic carbocycles. The number of carbonyl (C=O) groups is 2. The van der Waals surface area contributed by atoms with Crippen LogP contribution in [0.3, 0.4) is 0 Å². The summed E-state index contributed by atoms with van der Waals surface area (Å²) in [6.07, 6.45) is 1.72. The Kier molecular flexibility index (Phi) is 6.99. The van der Waals surface area contributed by atoms with E-state index in [-0.39, 0.29) is 17.7 Å². The van der Waals surface area contributed by atoms with Crippen molar-refractivity contribution in [2.45, 2.75) is 39.5 Å². The fourth-order valence-corrected chi connectivity index (χ4v) is 3.76. The molecule has 2 N–H and O–H groups in total. The molecule has 2 aromatic rings. The van der Waals surface area contributed by atoms with Gasteiger partial charge in [-0.3, -0.25) is 14.5 Å². The zero-order chi connectivity index (χ0) is 20.8.